The number of hydrogen-bond acceptors (Lipinski definition) is 3. The topological polar surface area (TPSA) is 40.9 Å². The molecule has 0 unspecified atom stereocenters. The van der Waals surface area contributed by atoms with E-state index in [1.165, 1.54) is 5.56 Å². The summed E-state index contributed by atoms with van der Waals surface area (Å²) < 4.78 is 1.92. The Morgan fingerprint density at radius 3 is 2.52 bits per heavy atom. The summed E-state index contributed by atoms with van der Waals surface area (Å²) in [4.78, 5) is 22.0. The molecule has 4 rings (SSSR count). The molecule has 1 aliphatic rings. The molecule has 0 spiro atoms. The molecule has 3 heterocycles. The highest BCUT2D eigenvalue weighted by Gasteiger charge is 2.26. The zero-order valence-corrected chi connectivity index (χ0v) is 16.6. The van der Waals surface area contributed by atoms with Gasteiger partial charge in [0.05, 0.1) is 5.69 Å². The molecule has 0 saturated carbocycles. The molecule has 0 N–H and O–H groups in total. The largest absolute Gasteiger partial charge is 0.368 e. The highest BCUT2D eigenvalue weighted by atomic mass is 35.5. The Kier molecular flexibility index (Phi) is 4.56. The number of hydrogen-bond donors (Lipinski definition) is 0. The summed E-state index contributed by atoms with van der Waals surface area (Å²) in [5.74, 6) is 0.0491. The van der Waals surface area contributed by atoms with Crippen LogP contribution in [0, 0.1) is 20.8 Å². The predicted octanol–water partition coefficient (Wildman–Crippen LogP) is 3.88. The molecule has 1 aliphatic heterocycles. The number of rotatable bonds is 2. The number of pyridine rings is 1. The van der Waals surface area contributed by atoms with Gasteiger partial charge in [0.25, 0.3) is 5.91 Å². The van der Waals surface area contributed by atoms with Crippen LogP contribution in [-0.2, 0) is 0 Å². The van der Waals surface area contributed by atoms with Crippen molar-refractivity contribution >= 4 is 28.8 Å². The SMILES string of the molecule is Cc1ccc2nc(C)c(C(=O)N3CCN(c4cc(Cl)ccc4C)CC3)n2c1. The van der Waals surface area contributed by atoms with E-state index in [9.17, 15) is 4.79 Å². The van der Waals surface area contributed by atoms with Crippen LogP contribution in [0.25, 0.3) is 5.65 Å². The van der Waals surface area contributed by atoms with E-state index in [4.69, 9.17) is 11.6 Å². The smallest absolute Gasteiger partial charge is 0.272 e. The fourth-order valence-corrected chi connectivity index (χ4v) is 3.92. The van der Waals surface area contributed by atoms with Crippen molar-refractivity contribution in [3.63, 3.8) is 0 Å². The van der Waals surface area contributed by atoms with Gasteiger partial charge in [-0.2, -0.15) is 0 Å². The number of carbonyl (C=O) groups excluding carboxylic acids is 1. The highest BCUT2D eigenvalue weighted by Crippen LogP contribution is 2.26. The first kappa shape index (κ1) is 17.9. The summed E-state index contributed by atoms with van der Waals surface area (Å²) in [7, 11) is 0. The van der Waals surface area contributed by atoms with Gasteiger partial charge in [-0.1, -0.05) is 23.7 Å². The normalized spacial score (nSPS) is 14.8. The molecule has 6 heteroatoms. The molecule has 5 nitrogen and oxygen atoms in total. The van der Waals surface area contributed by atoms with E-state index in [0.717, 1.165) is 40.7 Å². The van der Waals surface area contributed by atoms with Gasteiger partial charge >= 0.3 is 0 Å². The van der Waals surface area contributed by atoms with Crippen LogP contribution in [0.15, 0.2) is 36.5 Å². The number of fused-ring (bicyclic) bond motifs is 1. The molecule has 1 saturated heterocycles. The van der Waals surface area contributed by atoms with E-state index in [0.29, 0.717) is 18.8 Å². The third-order valence-corrected chi connectivity index (χ3v) is 5.46. The maximum atomic E-state index is 13.2. The summed E-state index contributed by atoms with van der Waals surface area (Å²) in [6, 6.07) is 9.93. The van der Waals surface area contributed by atoms with Crippen LogP contribution in [0.1, 0.15) is 27.3 Å². The van der Waals surface area contributed by atoms with E-state index in [2.05, 4.69) is 16.8 Å². The lowest BCUT2D eigenvalue weighted by molar-refractivity contribution is 0.0739. The van der Waals surface area contributed by atoms with Crippen LogP contribution < -0.4 is 4.90 Å². The molecule has 0 bridgehead atoms. The number of anilines is 1. The van der Waals surface area contributed by atoms with Gasteiger partial charge in [-0.15, -0.1) is 0 Å². The Bertz CT molecular complexity index is 1020. The Balaban J connectivity index is 1.55. The molecule has 0 atom stereocenters. The fraction of sp³-hybridized carbons (Fsp3) is 0.333. The second kappa shape index (κ2) is 6.89. The molecule has 1 fully saturated rings. The number of benzene rings is 1. The predicted molar refractivity (Wildman–Crippen MR) is 109 cm³/mol. The number of amides is 1. The van der Waals surface area contributed by atoms with Crippen molar-refractivity contribution in [2.75, 3.05) is 31.1 Å². The van der Waals surface area contributed by atoms with Crippen LogP contribution >= 0.6 is 11.6 Å². The van der Waals surface area contributed by atoms with Crippen molar-refractivity contribution in [2.45, 2.75) is 20.8 Å². The van der Waals surface area contributed by atoms with Crippen molar-refractivity contribution in [2.24, 2.45) is 0 Å². The van der Waals surface area contributed by atoms with Gasteiger partial charge in [0.2, 0.25) is 0 Å². The third-order valence-electron chi connectivity index (χ3n) is 5.22. The molecule has 0 radical (unpaired) electrons. The number of halogens is 1. The molecular formula is C21H23ClN4O. The minimum atomic E-state index is 0.0491. The minimum absolute atomic E-state index is 0.0491. The van der Waals surface area contributed by atoms with E-state index >= 15 is 0 Å². The van der Waals surface area contributed by atoms with E-state index in [1.54, 1.807) is 0 Å². The lowest BCUT2D eigenvalue weighted by atomic mass is 10.1. The summed E-state index contributed by atoms with van der Waals surface area (Å²) in [6.45, 7) is 8.97. The number of aryl methyl sites for hydroxylation is 3. The van der Waals surface area contributed by atoms with Crippen LogP contribution in [0.4, 0.5) is 5.69 Å². The lowest BCUT2D eigenvalue weighted by Gasteiger charge is -2.36. The monoisotopic (exact) mass is 382 g/mol. The zero-order chi connectivity index (χ0) is 19.1. The Morgan fingerprint density at radius 2 is 1.78 bits per heavy atom. The lowest BCUT2D eigenvalue weighted by Crippen LogP contribution is -2.49. The molecule has 2 aromatic heterocycles. The van der Waals surface area contributed by atoms with E-state index < -0.39 is 0 Å². The van der Waals surface area contributed by atoms with Gasteiger partial charge in [0.15, 0.2) is 0 Å². The van der Waals surface area contributed by atoms with Crippen LogP contribution in [-0.4, -0.2) is 46.4 Å². The van der Waals surface area contributed by atoms with Crippen molar-refractivity contribution in [3.05, 3.63) is 64.1 Å². The molecule has 1 aromatic carbocycles. The van der Waals surface area contributed by atoms with Gasteiger partial charge < -0.3 is 9.80 Å². The Labute approximate surface area is 164 Å². The van der Waals surface area contributed by atoms with E-state index in [-0.39, 0.29) is 5.91 Å². The first-order valence-electron chi connectivity index (χ1n) is 9.20. The highest BCUT2D eigenvalue weighted by molar-refractivity contribution is 6.30. The summed E-state index contributed by atoms with van der Waals surface area (Å²) in [6.07, 6.45) is 1.98. The maximum absolute atomic E-state index is 13.2. The summed E-state index contributed by atoms with van der Waals surface area (Å²) in [5, 5.41) is 0.742. The number of piperazine rings is 1. The molecular weight excluding hydrogens is 360 g/mol. The number of aromatic nitrogens is 2. The minimum Gasteiger partial charge on any atom is -0.368 e. The van der Waals surface area contributed by atoms with Crippen molar-refractivity contribution in [3.8, 4) is 0 Å². The third kappa shape index (κ3) is 3.28. The van der Waals surface area contributed by atoms with Crippen molar-refractivity contribution in [1.82, 2.24) is 14.3 Å². The van der Waals surface area contributed by atoms with Crippen molar-refractivity contribution < 1.29 is 4.79 Å². The second-order valence-electron chi connectivity index (χ2n) is 7.19. The van der Waals surface area contributed by atoms with Gasteiger partial charge in [-0.05, 0) is 50.1 Å². The van der Waals surface area contributed by atoms with Crippen molar-refractivity contribution in [1.29, 1.82) is 0 Å². The maximum Gasteiger partial charge on any atom is 0.272 e. The van der Waals surface area contributed by atoms with Gasteiger partial charge in [-0.3, -0.25) is 9.20 Å². The Morgan fingerprint density at radius 1 is 1.04 bits per heavy atom. The molecule has 27 heavy (non-hydrogen) atoms. The van der Waals surface area contributed by atoms with Gasteiger partial charge in [-0.25, -0.2) is 4.98 Å². The quantitative estimate of drug-likeness (QED) is 0.675. The number of carbonyl (C=O) groups is 1. The first-order valence-corrected chi connectivity index (χ1v) is 9.57. The fourth-order valence-electron chi connectivity index (χ4n) is 3.75. The molecule has 1 amide bonds. The number of nitrogens with zero attached hydrogens (tertiary/aromatic N) is 4. The average molecular weight is 383 g/mol. The zero-order valence-electron chi connectivity index (χ0n) is 15.9. The Hall–Kier alpha value is -2.53. The molecule has 3 aromatic rings. The number of imidazole rings is 1. The van der Waals surface area contributed by atoms with E-state index in [1.807, 2.05) is 59.7 Å². The standard InChI is InChI=1S/C21H23ClN4O/c1-14-4-7-19-23-16(3)20(26(19)13-14)21(27)25-10-8-24(9-11-25)18-12-17(22)6-5-15(18)2/h4-7,12-13H,8-11H2,1-3H3. The average Bonchev–Trinajstić information content (AvgIpc) is 2.98. The molecule has 140 valence electrons. The van der Waals surface area contributed by atoms with Crippen LogP contribution in [0.3, 0.4) is 0 Å². The van der Waals surface area contributed by atoms with Gasteiger partial charge in [0.1, 0.15) is 11.3 Å². The summed E-state index contributed by atoms with van der Waals surface area (Å²) in [5.41, 5.74) is 5.72. The molecule has 0 aliphatic carbocycles. The second-order valence-corrected chi connectivity index (χ2v) is 7.63. The summed E-state index contributed by atoms with van der Waals surface area (Å²) >= 11 is 6.17. The van der Waals surface area contributed by atoms with Crippen LogP contribution in [0.2, 0.25) is 5.02 Å². The van der Waals surface area contributed by atoms with Gasteiger partial charge in [0, 0.05) is 43.1 Å². The first-order chi connectivity index (χ1) is 12.9. The van der Waals surface area contributed by atoms with Crippen LogP contribution in [0.5, 0.6) is 0 Å².